The van der Waals surface area contributed by atoms with Crippen molar-refractivity contribution in [2.45, 2.75) is 0 Å². The van der Waals surface area contributed by atoms with Gasteiger partial charge in [0, 0.05) is 0 Å². The highest BCUT2D eigenvalue weighted by molar-refractivity contribution is 5.20. The molecule has 0 amide bonds. The topological polar surface area (TPSA) is 27.7 Å². The highest BCUT2D eigenvalue weighted by Gasteiger charge is 1.88. The molecule has 1 rings (SSSR count). The Kier molecular flexibility index (Phi) is 3.44. The third-order valence-electron chi connectivity index (χ3n) is 1.13. The monoisotopic (exact) mass is 154 g/mol. The Morgan fingerprint density at radius 2 is 1.91 bits per heavy atom. The molecule has 1 aromatic rings. The second-order valence-electron chi connectivity index (χ2n) is 1.86. The Bertz CT molecular complexity index is 186. The zero-order valence-electron chi connectivity index (χ0n) is 6.32. The molecule has 0 saturated carbocycles. The molecule has 0 aliphatic rings. The Morgan fingerprint density at radius 1 is 1.18 bits per heavy atom. The minimum atomic E-state index is 0.112. The highest BCUT2D eigenvalue weighted by Crippen LogP contribution is 2.07. The third-order valence-corrected chi connectivity index (χ3v) is 1.13. The summed E-state index contributed by atoms with van der Waals surface area (Å²) in [7, 11) is 1.44. The maximum atomic E-state index is 5.10. The van der Waals surface area contributed by atoms with Crippen molar-refractivity contribution in [1.82, 2.24) is 0 Å². The molecule has 3 heteroatoms. The number of hydrogen-bond acceptors (Lipinski definition) is 3. The fourth-order valence-electron chi connectivity index (χ4n) is 0.657. The zero-order chi connectivity index (χ0) is 7.94. The number of benzene rings is 1. The molecule has 0 saturated heterocycles. The average Bonchev–Trinajstić information content (AvgIpc) is 2.07. The summed E-state index contributed by atoms with van der Waals surface area (Å²) in [5, 5.41) is 0. The summed E-state index contributed by atoms with van der Waals surface area (Å²) < 4.78 is 5.10. The molecule has 0 radical (unpaired) electrons. The first-order valence-electron chi connectivity index (χ1n) is 3.27. The van der Waals surface area contributed by atoms with E-state index in [0.29, 0.717) is 0 Å². The Hall–Kier alpha value is -1.06. The van der Waals surface area contributed by atoms with E-state index < -0.39 is 0 Å². The SMILES string of the molecule is COOCOc1ccccc1. The maximum absolute atomic E-state index is 5.10. The van der Waals surface area contributed by atoms with Crippen LogP contribution in [0.5, 0.6) is 5.75 Å². The van der Waals surface area contributed by atoms with Crippen LogP contribution in [0, 0.1) is 0 Å². The van der Waals surface area contributed by atoms with E-state index in [-0.39, 0.29) is 6.79 Å². The lowest BCUT2D eigenvalue weighted by Gasteiger charge is -2.02. The van der Waals surface area contributed by atoms with Gasteiger partial charge in [0.2, 0.25) is 6.79 Å². The summed E-state index contributed by atoms with van der Waals surface area (Å²) in [4.78, 5) is 8.85. The fraction of sp³-hybridized carbons (Fsp3) is 0.250. The van der Waals surface area contributed by atoms with Crippen LogP contribution in [0.2, 0.25) is 0 Å². The quantitative estimate of drug-likeness (QED) is 0.285. The van der Waals surface area contributed by atoms with E-state index in [2.05, 4.69) is 9.78 Å². The van der Waals surface area contributed by atoms with Gasteiger partial charge < -0.3 is 4.74 Å². The number of rotatable bonds is 4. The van der Waals surface area contributed by atoms with E-state index in [0.717, 1.165) is 5.75 Å². The molecule has 0 spiro atoms. The van der Waals surface area contributed by atoms with Crippen LogP contribution in [-0.4, -0.2) is 13.9 Å². The van der Waals surface area contributed by atoms with Crippen molar-refractivity contribution < 1.29 is 14.5 Å². The lowest BCUT2D eigenvalue weighted by atomic mass is 10.3. The van der Waals surface area contributed by atoms with Crippen LogP contribution in [0.1, 0.15) is 0 Å². The van der Waals surface area contributed by atoms with Crippen LogP contribution < -0.4 is 4.74 Å². The van der Waals surface area contributed by atoms with E-state index in [1.54, 1.807) is 0 Å². The van der Waals surface area contributed by atoms with Crippen molar-refractivity contribution in [2.75, 3.05) is 13.9 Å². The molecule has 0 unspecified atom stereocenters. The second-order valence-corrected chi connectivity index (χ2v) is 1.86. The first kappa shape index (κ1) is 8.04. The Balaban J connectivity index is 2.28. The lowest BCUT2D eigenvalue weighted by Crippen LogP contribution is -2.00. The van der Waals surface area contributed by atoms with Crippen LogP contribution in [0.3, 0.4) is 0 Å². The predicted octanol–water partition coefficient (Wildman–Crippen LogP) is 1.60. The molecule has 0 fully saturated rings. The molecule has 0 aromatic heterocycles. The number of para-hydroxylation sites is 1. The van der Waals surface area contributed by atoms with Crippen molar-refractivity contribution >= 4 is 0 Å². The molecule has 0 N–H and O–H groups in total. The van der Waals surface area contributed by atoms with Gasteiger partial charge in [-0.3, -0.25) is 0 Å². The summed E-state index contributed by atoms with van der Waals surface area (Å²) in [5.41, 5.74) is 0. The van der Waals surface area contributed by atoms with E-state index in [1.807, 2.05) is 30.3 Å². The standard InChI is InChI=1S/C8H10O3/c1-9-11-7-10-8-5-3-2-4-6-8/h2-6H,7H2,1H3. The molecule has 0 heterocycles. The first-order valence-corrected chi connectivity index (χ1v) is 3.27. The van der Waals surface area contributed by atoms with Gasteiger partial charge in [-0.1, -0.05) is 18.2 Å². The van der Waals surface area contributed by atoms with E-state index in [1.165, 1.54) is 7.11 Å². The molecular formula is C8H10O3. The van der Waals surface area contributed by atoms with Gasteiger partial charge in [-0.15, -0.1) is 0 Å². The predicted molar refractivity (Wildman–Crippen MR) is 40.0 cm³/mol. The number of hydrogen-bond donors (Lipinski definition) is 0. The van der Waals surface area contributed by atoms with Gasteiger partial charge in [0.25, 0.3) is 0 Å². The number of ether oxygens (including phenoxy) is 1. The summed E-state index contributed by atoms with van der Waals surface area (Å²) >= 11 is 0. The van der Waals surface area contributed by atoms with Gasteiger partial charge in [0.1, 0.15) is 5.75 Å². The van der Waals surface area contributed by atoms with Crippen LogP contribution >= 0.6 is 0 Å². The molecule has 0 bridgehead atoms. The van der Waals surface area contributed by atoms with Crippen molar-refractivity contribution in [2.24, 2.45) is 0 Å². The average molecular weight is 154 g/mol. The van der Waals surface area contributed by atoms with Crippen molar-refractivity contribution in [3.05, 3.63) is 30.3 Å². The van der Waals surface area contributed by atoms with Crippen LogP contribution in [0.4, 0.5) is 0 Å². The zero-order valence-corrected chi connectivity index (χ0v) is 6.32. The molecular weight excluding hydrogens is 144 g/mol. The summed E-state index contributed by atoms with van der Waals surface area (Å²) in [6.45, 7) is 0.112. The maximum Gasteiger partial charge on any atom is 0.221 e. The smallest absolute Gasteiger partial charge is 0.221 e. The lowest BCUT2D eigenvalue weighted by molar-refractivity contribution is -0.303. The van der Waals surface area contributed by atoms with Gasteiger partial charge >= 0.3 is 0 Å². The highest BCUT2D eigenvalue weighted by atomic mass is 17.2. The van der Waals surface area contributed by atoms with Gasteiger partial charge in [-0.05, 0) is 12.1 Å². The molecule has 1 aromatic carbocycles. The summed E-state index contributed by atoms with van der Waals surface area (Å²) in [6, 6.07) is 9.40. The third kappa shape index (κ3) is 3.02. The normalized spacial score (nSPS) is 9.55. The summed E-state index contributed by atoms with van der Waals surface area (Å²) in [6.07, 6.45) is 0. The van der Waals surface area contributed by atoms with Gasteiger partial charge in [-0.25, -0.2) is 4.89 Å². The minimum absolute atomic E-state index is 0.112. The second kappa shape index (κ2) is 4.71. The van der Waals surface area contributed by atoms with Crippen LogP contribution in [0.25, 0.3) is 0 Å². The largest absolute Gasteiger partial charge is 0.465 e. The van der Waals surface area contributed by atoms with E-state index in [9.17, 15) is 0 Å². The van der Waals surface area contributed by atoms with Crippen molar-refractivity contribution in [3.63, 3.8) is 0 Å². The first-order chi connectivity index (χ1) is 5.43. The molecule has 3 nitrogen and oxygen atoms in total. The Morgan fingerprint density at radius 3 is 2.55 bits per heavy atom. The van der Waals surface area contributed by atoms with Crippen LogP contribution in [-0.2, 0) is 9.78 Å². The van der Waals surface area contributed by atoms with Gasteiger partial charge in [0.05, 0.1) is 7.11 Å². The van der Waals surface area contributed by atoms with Crippen molar-refractivity contribution in [3.8, 4) is 5.75 Å². The summed E-state index contributed by atoms with van der Waals surface area (Å²) in [5.74, 6) is 0.768. The molecule has 0 atom stereocenters. The molecule has 0 aliphatic heterocycles. The minimum Gasteiger partial charge on any atom is -0.465 e. The van der Waals surface area contributed by atoms with Crippen LogP contribution in [0.15, 0.2) is 30.3 Å². The van der Waals surface area contributed by atoms with E-state index in [4.69, 9.17) is 4.74 Å². The molecule has 60 valence electrons. The molecule has 0 aliphatic carbocycles. The van der Waals surface area contributed by atoms with Crippen molar-refractivity contribution in [1.29, 1.82) is 0 Å². The fourth-order valence-corrected chi connectivity index (χ4v) is 0.657. The molecule has 11 heavy (non-hydrogen) atoms. The Labute approximate surface area is 65.4 Å². The van der Waals surface area contributed by atoms with E-state index >= 15 is 0 Å². The van der Waals surface area contributed by atoms with Gasteiger partial charge in [0.15, 0.2) is 0 Å². The van der Waals surface area contributed by atoms with Gasteiger partial charge in [-0.2, -0.15) is 4.89 Å².